The molecule has 166 valence electrons. The van der Waals surface area contributed by atoms with Crippen molar-refractivity contribution in [1.82, 2.24) is 4.90 Å². The molecule has 3 rings (SSSR count). The highest BCUT2D eigenvalue weighted by atomic mass is 32.1. The van der Waals surface area contributed by atoms with Gasteiger partial charge in [0.05, 0.1) is 24.8 Å². The lowest BCUT2D eigenvalue weighted by Gasteiger charge is -2.24. The molecule has 0 aliphatic carbocycles. The molecular weight excluding hydrogens is 414 g/mol. The highest BCUT2D eigenvalue weighted by molar-refractivity contribution is 7.10. The number of hydrogen-bond donors (Lipinski definition) is 1. The first kappa shape index (κ1) is 23.0. The minimum atomic E-state index is -0.677. The Hall–Kier alpha value is -2.64. The molecule has 7 heteroatoms. The predicted molar refractivity (Wildman–Crippen MR) is 121 cm³/mol. The number of ketones is 1. The monoisotopic (exact) mass is 443 g/mol. The van der Waals surface area contributed by atoms with E-state index in [2.05, 4.69) is 13.8 Å². The second-order valence-electron chi connectivity index (χ2n) is 8.14. The van der Waals surface area contributed by atoms with Gasteiger partial charge >= 0.3 is 0 Å². The second kappa shape index (κ2) is 9.66. The van der Waals surface area contributed by atoms with E-state index in [-0.39, 0.29) is 17.9 Å². The highest BCUT2D eigenvalue weighted by Gasteiger charge is 2.46. The van der Waals surface area contributed by atoms with Crippen molar-refractivity contribution in [2.24, 2.45) is 5.92 Å². The van der Waals surface area contributed by atoms with E-state index in [4.69, 9.17) is 9.47 Å². The van der Waals surface area contributed by atoms with Gasteiger partial charge in [0.25, 0.3) is 11.7 Å². The van der Waals surface area contributed by atoms with E-state index < -0.39 is 17.7 Å². The van der Waals surface area contributed by atoms with Crippen molar-refractivity contribution in [3.05, 3.63) is 56.8 Å². The zero-order valence-corrected chi connectivity index (χ0v) is 19.4. The molecule has 6 nitrogen and oxygen atoms in total. The van der Waals surface area contributed by atoms with Gasteiger partial charge in [-0.2, -0.15) is 0 Å². The summed E-state index contributed by atoms with van der Waals surface area (Å²) in [6.45, 7) is 9.14. The fraction of sp³-hybridized carbons (Fsp3) is 0.417. The topological polar surface area (TPSA) is 76.1 Å². The number of amides is 1. The van der Waals surface area contributed by atoms with Gasteiger partial charge < -0.3 is 19.5 Å². The maximum absolute atomic E-state index is 13.0. The molecule has 1 amide bonds. The minimum Gasteiger partial charge on any atom is -0.507 e. The lowest BCUT2D eigenvalue weighted by molar-refractivity contribution is -0.140. The summed E-state index contributed by atoms with van der Waals surface area (Å²) in [4.78, 5) is 28.1. The summed E-state index contributed by atoms with van der Waals surface area (Å²) in [5.41, 5.74) is 2.42. The molecule has 1 unspecified atom stereocenters. The number of carbonyl (C=O) groups is 2. The molecule has 0 saturated carbocycles. The number of likely N-dealkylation sites (tertiary alicyclic amines) is 1. The van der Waals surface area contributed by atoms with Crippen LogP contribution in [0.2, 0.25) is 0 Å². The number of aryl methyl sites for hydroxylation is 2. The van der Waals surface area contributed by atoms with Crippen molar-refractivity contribution < 1.29 is 24.2 Å². The van der Waals surface area contributed by atoms with Crippen molar-refractivity contribution in [3.63, 3.8) is 0 Å². The molecule has 1 N–H and O–H groups in total. The molecule has 1 aliphatic heterocycles. The Morgan fingerprint density at radius 1 is 1.19 bits per heavy atom. The van der Waals surface area contributed by atoms with Gasteiger partial charge in [-0.05, 0) is 60.5 Å². The van der Waals surface area contributed by atoms with Gasteiger partial charge in [0.2, 0.25) is 0 Å². The number of nitrogens with zero attached hydrogens (tertiary/aromatic N) is 1. The van der Waals surface area contributed by atoms with Crippen molar-refractivity contribution in [2.75, 3.05) is 26.9 Å². The first-order valence-electron chi connectivity index (χ1n) is 10.3. The smallest absolute Gasteiger partial charge is 0.295 e. The van der Waals surface area contributed by atoms with Crippen LogP contribution in [0.5, 0.6) is 5.75 Å². The van der Waals surface area contributed by atoms with E-state index in [9.17, 15) is 14.7 Å². The van der Waals surface area contributed by atoms with Crippen LogP contribution in [-0.2, 0) is 14.3 Å². The molecule has 2 heterocycles. The second-order valence-corrected chi connectivity index (χ2v) is 9.09. The fourth-order valence-electron chi connectivity index (χ4n) is 3.61. The third kappa shape index (κ3) is 4.67. The van der Waals surface area contributed by atoms with E-state index in [0.29, 0.717) is 24.7 Å². The number of carbonyl (C=O) groups excluding carboxylic acids is 2. The number of hydrogen-bond acceptors (Lipinski definition) is 6. The number of methoxy groups -OCH3 is 1. The Morgan fingerprint density at radius 3 is 2.52 bits per heavy atom. The minimum absolute atomic E-state index is 0.113. The van der Waals surface area contributed by atoms with Crippen LogP contribution in [-0.4, -0.2) is 48.6 Å². The predicted octanol–water partition coefficient (Wildman–Crippen LogP) is 4.47. The van der Waals surface area contributed by atoms with E-state index in [1.54, 1.807) is 25.3 Å². The fourth-order valence-corrected chi connectivity index (χ4v) is 4.65. The van der Waals surface area contributed by atoms with E-state index in [1.165, 1.54) is 16.2 Å². The quantitative estimate of drug-likeness (QED) is 0.370. The molecule has 0 bridgehead atoms. The molecule has 1 saturated heterocycles. The molecule has 0 spiro atoms. The van der Waals surface area contributed by atoms with Crippen LogP contribution in [0.15, 0.2) is 35.2 Å². The normalized spacial score (nSPS) is 18.3. The van der Waals surface area contributed by atoms with Crippen molar-refractivity contribution in [1.29, 1.82) is 0 Å². The Bertz CT molecular complexity index is 1010. The summed E-state index contributed by atoms with van der Waals surface area (Å²) >= 11 is 1.47. The average Bonchev–Trinajstić information content (AvgIpc) is 3.25. The molecule has 1 aromatic carbocycles. The summed E-state index contributed by atoms with van der Waals surface area (Å²) < 4.78 is 11.0. The maximum atomic E-state index is 13.0. The lowest BCUT2D eigenvalue weighted by atomic mass is 9.97. The Morgan fingerprint density at radius 2 is 1.94 bits per heavy atom. The number of benzene rings is 1. The van der Waals surface area contributed by atoms with Gasteiger partial charge in [-0.3, -0.25) is 9.59 Å². The van der Waals surface area contributed by atoms with Gasteiger partial charge in [-0.1, -0.05) is 13.8 Å². The van der Waals surface area contributed by atoms with Gasteiger partial charge in [0.15, 0.2) is 0 Å². The first-order valence-corrected chi connectivity index (χ1v) is 11.2. The standard InChI is InChI=1S/C24H29NO5S/c1-14(2)13-30-18-7-6-17(12-16(18)4)21(26)19-20(23-15(3)8-11-31-23)25(9-10-29-5)24(28)22(19)27/h6-8,11-12,14,20,26H,9-10,13H2,1-5H3/b21-19-. The van der Waals surface area contributed by atoms with Crippen LogP contribution < -0.4 is 4.74 Å². The Labute approximate surface area is 187 Å². The Balaban J connectivity index is 2.06. The SMILES string of the molecule is COCCN1C(=O)C(=O)/C(=C(\O)c2ccc(OCC(C)C)c(C)c2)C1c1sccc1C. The van der Waals surface area contributed by atoms with E-state index >= 15 is 0 Å². The molecule has 0 radical (unpaired) electrons. The van der Waals surface area contributed by atoms with Gasteiger partial charge in [-0.25, -0.2) is 0 Å². The number of thiophene rings is 1. The number of ether oxygens (including phenoxy) is 2. The molecule has 1 aromatic heterocycles. The number of aliphatic hydroxyl groups is 1. The molecule has 1 aliphatic rings. The van der Waals surface area contributed by atoms with Crippen LogP contribution in [0.3, 0.4) is 0 Å². The third-order valence-corrected chi connectivity index (χ3v) is 6.32. The van der Waals surface area contributed by atoms with Gasteiger partial charge in [0.1, 0.15) is 11.5 Å². The first-order chi connectivity index (χ1) is 14.8. The molecular formula is C24H29NO5S. The number of aliphatic hydroxyl groups excluding tert-OH is 1. The lowest BCUT2D eigenvalue weighted by Crippen LogP contribution is -2.32. The van der Waals surface area contributed by atoms with Crippen molar-refractivity contribution >= 4 is 28.8 Å². The Kier molecular flexibility index (Phi) is 7.18. The zero-order chi connectivity index (χ0) is 22.7. The summed E-state index contributed by atoms with van der Waals surface area (Å²) in [6.07, 6.45) is 0. The van der Waals surface area contributed by atoms with Crippen LogP contribution in [0.25, 0.3) is 5.76 Å². The zero-order valence-electron chi connectivity index (χ0n) is 18.6. The van der Waals surface area contributed by atoms with Crippen LogP contribution in [0.4, 0.5) is 0 Å². The highest BCUT2D eigenvalue weighted by Crippen LogP contribution is 2.42. The van der Waals surface area contributed by atoms with E-state index in [0.717, 1.165) is 21.8 Å². The van der Waals surface area contributed by atoms with Crippen LogP contribution >= 0.6 is 11.3 Å². The molecule has 31 heavy (non-hydrogen) atoms. The average molecular weight is 444 g/mol. The summed E-state index contributed by atoms with van der Waals surface area (Å²) in [5, 5.41) is 13.1. The number of rotatable bonds is 8. The molecule has 1 fully saturated rings. The number of Topliss-reactive ketones (excluding diaryl/α,β-unsaturated/α-hetero) is 1. The summed E-state index contributed by atoms with van der Waals surface area (Å²) in [7, 11) is 1.55. The third-order valence-electron chi connectivity index (χ3n) is 5.25. The maximum Gasteiger partial charge on any atom is 0.295 e. The van der Waals surface area contributed by atoms with Gasteiger partial charge in [0, 0.05) is 24.1 Å². The summed E-state index contributed by atoms with van der Waals surface area (Å²) in [6, 6.07) is 6.61. The van der Waals surface area contributed by atoms with Crippen molar-refractivity contribution in [2.45, 2.75) is 33.7 Å². The van der Waals surface area contributed by atoms with Gasteiger partial charge in [-0.15, -0.1) is 11.3 Å². The molecule has 2 aromatic rings. The van der Waals surface area contributed by atoms with Crippen LogP contribution in [0.1, 0.15) is 41.5 Å². The van der Waals surface area contributed by atoms with E-state index in [1.807, 2.05) is 25.3 Å². The largest absolute Gasteiger partial charge is 0.507 e. The van der Waals surface area contributed by atoms with Crippen LogP contribution in [0, 0.1) is 19.8 Å². The van der Waals surface area contributed by atoms with Crippen molar-refractivity contribution in [3.8, 4) is 5.75 Å². The molecule has 1 atom stereocenters. The summed E-state index contributed by atoms with van der Waals surface area (Å²) in [5.74, 6) is -0.343.